The number of hydrogen-bond donors (Lipinski definition) is 8. The first-order chi connectivity index (χ1) is 43.0. The maximum Gasteiger partial charge on any atom is 0.410 e. The highest BCUT2D eigenvalue weighted by atomic mass is 16.7. The number of carbonyl (C=O) groups excluding carboxylic acids is 7. The number of Topliss-reactive ketones (excluding diaryl/α,β-unsaturated/α-hetero) is 1. The molecule has 30 heteroatoms. The first-order valence-electron chi connectivity index (χ1n) is 29.3. The number of esters is 3. The van der Waals surface area contributed by atoms with Crippen LogP contribution in [0.15, 0.2) is 90.0 Å². The number of nitro benzene ring substituents is 1. The van der Waals surface area contributed by atoms with Crippen LogP contribution < -0.4 is 10.1 Å². The van der Waals surface area contributed by atoms with Crippen molar-refractivity contribution >= 4 is 53.6 Å². The number of carboxylic acids is 1. The highest BCUT2D eigenvalue weighted by Gasteiger charge is 2.78. The summed E-state index contributed by atoms with van der Waals surface area (Å²) in [6.07, 6.45) is -25.3. The van der Waals surface area contributed by atoms with Crippen molar-refractivity contribution in [3.05, 3.63) is 117 Å². The number of nitrogens with one attached hydrogen (secondary N) is 1. The van der Waals surface area contributed by atoms with Crippen molar-refractivity contribution in [2.24, 2.45) is 16.7 Å². The molecule has 30 nitrogen and oxygen atoms in total. The summed E-state index contributed by atoms with van der Waals surface area (Å²) in [6, 6.07) is 16.9. The van der Waals surface area contributed by atoms with E-state index in [1.807, 2.05) is 0 Å². The average molecular weight is 1290 g/mol. The van der Waals surface area contributed by atoms with Crippen LogP contribution in [0.5, 0.6) is 5.75 Å². The van der Waals surface area contributed by atoms with E-state index in [4.69, 9.17) is 42.6 Å². The molecule has 3 aromatic rings. The number of alkyl carbamates (subject to hydrolysis) is 1. The molecule has 2 unspecified atom stereocenters. The average Bonchev–Trinajstić information content (AvgIpc) is 0.671. The zero-order valence-corrected chi connectivity index (χ0v) is 52.0. The zero-order chi connectivity index (χ0) is 67.9. The molecule has 4 fully saturated rings. The smallest absolute Gasteiger partial charge is 0.410 e. The number of aliphatic hydroxyl groups excluding tert-OH is 5. The predicted octanol–water partition coefficient (Wildman–Crippen LogP) is 2.78. The van der Waals surface area contributed by atoms with Crippen LogP contribution in [-0.4, -0.2) is 216 Å². The molecule has 3 aliphatic carbocycles. The zero-order valence-electron chi connectivity index (χ0n) is 52.0. The van der Waals surface area contributed by atoms with Gasteiger partial charge in [0.15, 0.2) is 23.2 Å². The summed E-state index contributed by atoms with van der Waals surface area (Å²) < 4.78 is 52.1. The van der Waals surface area contributed by atoms with Gasteiger partial charge in [0.05, 0.1) is 34.5 Å². The van der Waals surface area contributed by atoms with E-state index in [2.05, 4.69) is 5.32 Å². The molecule has 2 bridgehead atoms. The highest BCUT2D eigenvalue weighted by Crippen LogP contribution is 2.64. The summed E-state index contributed by atoms with van der Waals surface area (Å²) in [5, 5.41) is 93.3. The Morgan fingerprint density at radius 1 is 0.859 bits per heavy atom. The van der Waals surface area contributed by atoms with Crippen LogP contribution in [0.25, 0.3) is 0 Å². The highest BCUT2D eigenvalue weighted by molar-refractivity contribution is 5.94. The maximum absolute atomic E-state index is 15.4. The Balaban J connectivity index is 1.08. The molecule has 0 radical (unpaired) electrons. The number of benzene rings is 3. The van der Waals surface area contributed by atoms with Gasteiger partial charge in [-0.15, -0.1) is 0 Å². The second kappa shape index (κ2) is 26.7. The third-order valence-corrected chi connectivity index (χ3v) is 17.8. The van der Waals surface area contributed by atoms with Crippen molar-refractivity contribution in [2.75, 3.05) is 33.8 Å². The standard InChI is InChI=1S/C62H76N4O26/c1-30-37(27-62(81)50(90-52(76)34-19-15-12-16-20-34)48-60(8,49(73)42(69)40(30)59(62,6)7)38(68)26-39-61(48,29-85-39)91-31(2)67)86-53(77)46(41(33-17-13-11-14-18-33)63-55(78)92-58(3,4)5)89-57(80)65(10)24-23-64(9)56(79)84-28-32-21-22-36(35(25-32)66(82)83)87-54-45(72)43(70)44(71)47(88-54)51(74)75/h11-22,25,37-39,41-48,50,54,68-72,81H,23-24,26-29H2,1-10H3,(H,63,78)(H,74,75)/t37-,38-,39+,41-,42+,43-,44-,45+,46+,47-,48?,50?,54+,60+,61-,62+/m0/s1. The lowest BCUT2D eigenvalue weighted by molar-refractivity contribution is -0.387. The van der Waals surface area contributed by atoms with E-state index in [-0.39, 0.29) is 47.3 Å². The number of fused-ring (bicyclic) bond motifs is 5. The molecule has 8 rings (SSSR count). The Bertz CT molecular complexity index is 3360. The van der Waals surface area contributed by atoms with Gasteiger partial charge in [0.25, 0.3) is 0 Å². The number of amides is 3. The number of carbonyl (C=O) groups is 8. The topological polar surface area (TPSA) is 423 Å². The fourth-order valence-electron chi connectivity index (χ4n) is 12.8. The van der Waals surface area contributed by atoms with Crippen LogP contribution in [0.1, 0.15) is 95.8 Å². The number of likely N-dealkylation sites (N-methyl/N-ethyl adjacent to an activating group) is 2. The van der Waals surface area contributed by atoms with E-state index in [0.717, 1.165) is 28.9 Å². The molecule has 3 aromatic carbocycles. The second-order valence-corrected chi connectivity index (χ2v) is 25.2. The van der Waals surface area contributed by atoms with E-state index in [9.17, 15) is 74.6 Å². The van der Waals surface area contributed by atoms with Crippen LogP contribution in [0.2, 0.25) is 0 Å². The number of nitrogens with zero attached hydrogens (tertiary/aromatic N) is 3. The van der Waals surface area contributed by atoms with Crippen molar-refractivity contribution in [3.63, 3.8) is 0 Å². The molecule has 2 heterocycles. The van der Waals surface area contributed by atoms with Gasteiger partial charge in [-0.2, -0.15) is 0 Å². The van der Waals surface area contributed by atoms with Crippen molar-refractivity contribution < 1.29 is 122 Å². The van der Waals surface area contributed by atoms with E-state index < -0.39 is 191 Å². The molecule has 500 valence electrons. The van der Waals surface area contributed by atoms with Gasteiger partial charge in [0, 0.05) is 58.4 Å². The van der Waals surface area contributed by atoms with Crippen molar-refractivity contribution in [3.8, 4) is 5.75 Å². The van der Waals surface area contributed by atoms with Gasteiger partial charge in [-0.25, -0.2) is 28.8 Å². The van der Waals surface area contributed by atoms with Gasteiger partial charge < -0.3 is 93.5 Å². The summed E-state index contributed by atoms with van der Waals surface area (Å²) in [4.78, 5) is 125. The van der Waals surface area contributed by atoms with E-state index in [1.165, 1.54) is 72.1 Å². The molecule has 2 saturated heterocycles. The molecule has 92 heavy (non-hydrogen) atoms. The summed E-state index contributed by atoms with van der Waals surface area (Å²) in [6.45, 7) is 9.90. The molecule has 3 amide bonds. The lowest BCUT2D eigenvalue weighted by Crippen LogP contribution is -2.81. The fourth-order valence-corrected chi connectivity index (χ4v) is 12.8. The van der Waals surface area contributed by atoms with Gasteiger partial charge in [0.1, 0.15) is 66.6 Å². The number of carboxylic acid groups (broad SMARTS) is 1. The summed E-state index contributed by atoms with van der Waals surface area (Å²) >= 11 is 0. The summed E-state index contributed by atoms with van der Waals surface area (Å²) in [7, 11) is 2.52. The lowest BCUT2D eigenvalue weighted by Gasteiger charge is -2.67. The number of hydrogen-bond acceptors (Lipinski definition) is 25. The Morgan fingerprint density at radius 2 is 1.48 bits per heavy atom. The SMILES string of the molecule is CC(=O)O[C@@]12CO[C@@H]1C[C@H](O)[C@@]1(C)C(=O)[C@H](O)C3=C(C)[C@@H](OC(=O)[C@H](OC(=O)N(C)CCN(C)C(=O)OCc4ccc(O[C@@H]5O[C@H](C(=O)O)[C@@H](O)[C@H](O)[C@H]5O)c([N+](=O)[O-])c4)[C@@H](NC(=O)OC(C)(C)C)c4ccccc4)C[C@@](O)(C(OC(=O)c4ccccc4)C12)C3(C)C. The number of aliphatic hydroxyl groups is 6. The molecular formula is C62H76N4O26. The molecule has 8 N–H and O–H groups in total. The Hall–Kier alpha value is -8.36. The van der Waals surface area contributed by atoms with Crippen LogP contribution in [-0.2, 0) is 63.7 Å². The molecule has 0 aromatic heterocycles. The van der Waals surface area contributed by atoms with E-state index >= 15 is 9.59 Å². The minimum absolute atomic E-state index is 0.00988. The van der Waals surface area contributed by atoms with Gasteiger partial charge in [-0.05, 0) is 75.1 Å². The molecule has 16 atom stereocenters. The first kappa shape index (κ1) is 69.5. The number of ketones is 1. The molecular weight excluding hydrogens is 1220 g/mol. The fraction of sp³-hybridized carbons (Fsp3) is 0.548. The molecule has 2 saturated carbocycles. The second-order valence-electron chi connectivity index (χ2n) is 25.2. The Labute approximate surface area is 526 Å². The minimum atomic E-state index is -2.55. The van der Waals surface area contributed by atoms with Gasteiger partial charge >= 0.3 is 47.8 Å². The first-order valence-corrected chi connectivity index (χ1v) is 29.3. The van der Waals surface area contributed by atoms with Crippen LogP contribution in [0.3, 0.4) is 0 Å². The minimum Gasteiger partial charge on any atom is -0.479 e. The largest absolute Gasteiger partial charge is 0.479 e. The van der Waals surface area contributed by atoms with Crippen LogP contribution in [0.4, 0.5) is 20.1 Å². The predicted molar refractivity (Wildman–Crippen MR) is 311 cm³/mol. The van der Waals surface area contributed by atoms with Crippen LogP contribution in [0, 0.1) is 26.9 Å². The Morgan fingerprint density at radius 3 is 2.05 bits per heavy atom. The summed E-state index contributed by atoms with van der Waals surface area (Å²) in [5.74, 6) is -8.22. The monoisotopic (exact) mass is 1290 g/mol. The normalized spacial score (nSPS) is 30.3. The van der Waals surface area contributed by atoms with Gasteiger partial charge in [-0.1, -0.05) is 68.4 Å². The number of ether oxygens (including phenoxy) is 9. The maximum atomic E-state index is 15.4. The number of aliphatic carboxylic acids is 1. The lowest BCUT2D eigenvalue weighted by atomic mass is 9.44. The van der Waals surface area contributed by atoms with Gasteiger partial charge in [0.2, 0.25) is 12.4 Å². The van der Waals surface area contributed by atoms with Gasteiger partial charge in [-0.3, -0.25) is 19.7 Å². The molecule has 5 aliphatic rings. The third kappa shape index (κ3) is 13.5. The van der Waals surface area contributed by atoms with E-state index in [0.29, 0.717) is 0 Å². The Kier molecular flexibility index (Phi) is 20.2. The quantitative estimate of drug-likeness (QED) is 0.0298. The van der Waals surface area contributed by atoms with Crippen molar-refractivity contribution in [1.29, 1.82) is 0 Å². The number of rotatable bonds is 18. The van der Waals surface area contributed by atoms with Crippen LogP contribution >= 0.6 is 0 Å². The van der Waals surface area contributed by atoms with Crippen molar-refractivity contribution in [2.45, 2.75) is 165 Å². The molecule has 0 spiro atoms. The van der Waals surface area contributed by atoms with E-state index in [1.54, 1.807) is 57.2 Å². The summed E-state index contributed by atoms with van der Waals surface area (Å²) in [5.41, 5.74) is -10.3. The number of nitro groups is 1. The van der Waals surface area contributed by atoms with Crippen molar-refractivity contribution in [1.82, 2.24) is 15.1 Å². The third-order valence-electron chi connectivity index (χ3n) is 17.8. The molecule has 2 aliphatic heterocycles.